The SMILES string of the molecule is Cc1cc(/C=N/NC(=O)CO)c(C)n1-c1cccc(Cl)c1Cl. The van der Waals surface area contributed by atoms with Crippen molar-refractivity contribution in [3.05, 3.63) is 51.3 Å². The molecule has 2 aromatic rings. The number of hydrogen-bond donors (Lipinski definition) is 2. The Morgan fingerprint density at radius 3 is 2.82 bits per heavy atom. The Morgan fingerprint density at radius 1 is 1.41 bits per heavy atom. The number of carbonyl (C=O) groups is 1. The quantitative estimate of drug-likeness (QED) is 0.664. The fourth-order valence-electron chi connectivity index (χ4n) is 2.16. The third-order valence-corrected chi connectivity index (χ3v) is 3.99. The predicted octanol–water partition coefficient (Wildman–Crippen LogP) is 2.84. The lowest BCUT2D eigenvalue weighted by Gasteiger charge is -2.12. The van der Waals surface area contributed by atoms with Crippen LogP contribution in [-0.4, -0.2) is 28.4 Å². The van der Waals surface area contributed by atoms with Crippen LogP contribution in [0.3, 0.4) is 0 Å². The van der Waals surface area contributed by atoms with Gasteiger partial charge < -0.3 is 9.67 Å². The zero-order valence-corrected chi connectivity index (χ0v) is 13.6. The summed E-state index contributed by atoms with van der Waals surface area (Å²) >= 11 is 12.3. The molecule has 1 aromatic carbocycles. The molecule has 22 heavy (non-hydrogen) atoms. The van der Waals surface area contributed by atoms with Gasteiger partial charge in [0.1, 0.15) is 6.61 Å². The molecule has 5 nitrogen and oxygen atoms in total. The minimum absolute atomic E-state index is 0.475. The van der Waals surface area contributed by atoms with E-state index in [4.69, 9.17) is 28.3 Å². The Morgan fingerprint density at radius 2 is 2.14 bits per heavy atom. The van der Waals surface area contributed by atoms with Gasteiger partial charge in [0.25, 0.3) is 5.91 Å². The zero-order chi connectivity index (χ0) is 16.3. The predicted molar refractivity (Wildman–Crippen MR) is 88.1 cm³/mol. The summed E-state index contributed by atoms with van der Waals surface area (Å²) in [4.78, 5) is 11.0. The van der Waals surface area contributed by atoms with Crippen LogP contribution in [0.4, 0.5) is 0 Å². The van der Waals surface area contributed by atoms with E-state index in [1.807, 2.05) is 36.6 Å². The highest BCUT2D eigenvalue weighted by molar-refractivity contribution is 6.43. The zero-order valence-electron chi connectivity index (χ0n) is 12.1. The molecule has 0 aliphatic rings. The number of rotatable bonds is 4. The Bertz CT molecular complexity index is 739. The molecule has 1 heterocycles. The molecule has 0 radical (unpaired) electrons. The van der Waals surface area contributed by atoms with Gasteiger partial charge in [-0.3, -0.25) is 4.79 Å². The highest BCUT2D eigenvalue weighted by Crippen LogP contribution is 2.31. The van der Waals surface area contributed by atoms with Gasteiger partial charge in [-0.1, -0.05) is 29.3 Å². The van der Waals surface area contributed by atoms with Gasteiger partial charge in [0.2, 0.25) is 0 Å². The number of carbonyl (C=O) groups excluding carboxylic acids is 1. The largest absolute Gasteiger partial charge is 0.386 e. The number of aliphatic hydroxyl groups is 1. The van der Waals surface area contributed by atoms with Crippen LogP contribution in [0.15, 0.2) is 29.4 Å². The number of benzene rings is 1. The Balaban J connectivity index is 2.39. The van der Waals surface area contributed by atoms with Crippen molar-refractivity contribution >= 4 is 35.3 Å². The summed E-state index contributed by atoms with van der Waals surface area (Å²) in [6.45, 7) is 3.25. The number of amides is 1. The maximum absolute atomic E-state index is 11.0. The van der Waals surface area contributed by atoms with E-state index in [1.54, 1.807) is 6.07 Å². The lowest BCUT2D eigenvalue weighted by Crippen LogP contribution is -2.20. The Kier molecular flexibility index (Phi) is 5.24. The average molecular weight is 340 g/mol. The molecule has 7 heteroatoms. The minimum atomic E-state index is -0.603. The molecule has 0 spiro atoms. The average Bonchev–Trinajstić information content (AvgIpc) is 2.77. The maximum Gasteiger partial charge on any atom is 0.265 e. The molecule has 1 aromatic heterocycles. The van der Waals surface area contributed by atoms with E-state index in [0.717, 1.165) is 22.6 Å². The monoisotopic (exact) mass is 339 g/mol. The molecule has 0 fully saturated rings. The van der Waals surface area contributed by atoms with Crippen molar-refractivity contribution in [1.82, 2.24) is 9.99 Å². The molecule has 0 saturated heterocycles. The first kappa shape index (κ1) is 16.5. The highest BCUT2D eigenvalue weighted by atomic mass is 35.5. The first-order valence-electron chi connectivity index (χ1n) is 6.51. The number of aryl methyl sites for hydroxylation is 1. The van der Waals surface area contributed by atoms with E-state index in [-0.39, 0.29) is 0 Å². The van der Waals surface area contributed by atoms with Crippen molar-refractivity contribution < 1.29 is 9.90 Å². The molecule has 0 aliphatic carbocycles. The summed E-state index contributed by atoms with van der Waals surface area (Å²) in [6.07, 6.45) is 1.52. The van der Waals surface area contributed by atoms with E-state index in [0.29, 0.717) is 10.0 Å². The van der Waals surface area contributed by atoms with Crippen LogP contribution in [0.1, 0.15) is 17.0 Å². The molecular formula is C15H15Cl2N3O2. The smallest absolute Gasteiger partial charge is 0.265 e. The normalized spacial score (nSPS) is 11.1. The van der Waals surface area contributed by atoms with Crippen molar-refractivity contribution in [2.45, 2.75) is 13.8 Å². The Hall–Kier alpha value is -1.82. The third-order valence-electron chi connectivity index (χ3n) is 3.18. The van der Waals surface area contributed by atoms with Gasteiger partial charge >= 0.3 is 0 Å². The summed E-state index contributed by atoms with van der Waals surface area (Å²) in [5.74, 6) is -0.567. The van der Waals surface area contributed by atoms with E-state index < -0.39 is 12.5 Å². The van der Waals surface area contributed by atoms with Crippen LogP contribution >= 0.6 is 23.2 Å². The molecule has 0 unspecified atom stereocenters. The second-order valence-corrected chi connectivity index (χ2v) is 5.47. The molecule has 0 aliphatic heterocycles. The second kappa shape index (κ2) is 6.96. The number of halogens is 2. The number of hydrogen-bond acceptors (Lipinski definition) is 3. The summed E-state index contributed by atoms with van der Waals surface area (Å²) < 4.78 is 1.96. The van der Waals surface area contributed by atoms with Crippen molar-refractivity contribution in [3.8, 4) is 5.69 Å². The molecule has 0 saturated carbocycles. The highest BCUT2D eigenvalue weighted by Gasteiger charge is 2.13. The fourth-order valence-corrected chi connectivity index (χ4v) is 2.54. The van der Waals surface area contributed by atoms with Gasteiger partial charge in [-0.2, -0.15) is 5.10 Å². The molecule has 116 valence electrons. The van der Waals surface area contributed by atoms with E-state index >= 15 is 0 Å². The van der Waals surface area contributed by atoms with E-state index in [2.05, 4.69) is 10.5 Å². The summed E-state index contributed by atoms with van der Waals surface area (Å²) in [5.41, 5.74) is 5.69. The van der Waals surface area contributed by atoms with Crippen molar-refractivity contribution in [2.75, 3.05) is 6.61 Å². The van der Waals surface area contributed by atoms with E-state index in [9.17, 15) is 4.79 Å². The first-order chi connectivity index (χ1) is 10.5. The number of nitrogens with zero attached hydrogens (tertiary/aromatic N) is 2. The van der Waals surface area contributed by atoms with Crippen molar-refractivity contribution in [1.29, 1.82) is 0 Å². The van der Waals surface area contributed by atoms with Gasteiger partial charge in [0.15, 0.2) is 0 Å². The number of aromatic nitrogens is 1. The minimum Gasteiger partial charge on any atom is -0.386 e. The van der Waals surface area contributed by atoms with Gasteiger partial charge in [0.05, 0.1) is 21.9 Å². The van der Waals surface area contributed by atoms with Crippen LogP contribution in [-0.2, 0) is 4.79 Å². The molecule has 0 atom stereocenters. The standard InChI is InChI=1S/C15H15Cl2N3O2/c1-9-6-11(7-18-19-14(22)8-21)10(2)20(9)13-5-3-4-12(16)15(13)17/h3-7,21H,8H2,1-2H3,(H,19,22)/b18-7+. The van der Waals surface area contributed by atoms with Gasteiger partial charge in [0, 0.05) is 17.0 Å². The topological polar surface area (TPSA) is 66.6 Å². The van der Waals surface area contributed by atoms with Crippen LogP contribution in [0.5, 0.6) is 0 Å². The second-order valence-electron chi connectivity index (χ2n) is 4.69. The van der Waals surface area contributed by atoms with Gasteiger partial charge in [-0.15, -0.1) is 0 Å². The molecule has 2 rings (SSSR count). The Labute approximate surface area is 138 Å². The lowest BCUT2D eigenvalue weighted by molar-refractivity contribution is -0.123. The van der Waals surface area contributed by atoms with Crippen LogP contribution < -0.4 is 5.43 Å². The third kappa shape index (κ3) is 3.32. The summed E-state index contributed by atoms with van der Waals surface area (Å²) in [7, 11) is 0. The summed E-state index contributed by atoms with van der Waals surface area (Å²) in [6, 6.07) is 7.36. The molecule has 0 bridgehead atoms. The van der Waals surface area contributed by atoms with Crippen LogP contribution in [0.25, 0.3) is 5.69 Å². The van der Waals surface area contributed by atoms with Crippen LogP contribution in [0.2, 0.25) is 10.0 Å². The van der Waals surface area contributed by atoms with Crippen LogP contribution in [0, 0.1) is 13.8 Å². The lowest BCUT2D eigenvalue weighted by atomic mass is 10.2. The van der Waals surface area contributed by atoms with Gasteiger partial charge in [-0.25, -0.2) is 5.43 Å². The number of aliphatic hydroxyl groups excluding tert-OH is 1. The first-order valence-corrected chi connectivity index (χ1v) is 7.27. The molecule has 1 amide bonds. The summed E-state index contributed by atoms with van der Waals surface area (Å²) in [5, 5.41) is 13.4. The maximum atomic E-state index is 11.0. The fraction of sp³-hybridized carbons (Fsp3) is 0.200. The van der Waals surface area contributed by atoms with Crippen molar-refractivity contribution in [2.24, 2.45) is 5.10 Å². The van der Waals surface area contributed by atoms with Crippen molar-refractivity contribution in [3.63, 3.8) is 0 Å². The number of hydrazone groups is 1. The number of nitrogens with one attached hydrogen (secondary N) is 1. The van der Waals surface area contributed by atoms with Gasteiger partial charge in [-0.05, 0) is 32.0 Å². The molecular weight excluding hydrogens is 325 g/mol. The van der Waals surface area contributed by atoms with E-state index in [1.165, 1.54) is 6.21 Å². The molecule has 2 N–H and O–H groups in total.